The number of unbranched alkanes of at least 4 members (excludes halogenated alkanes) is 2. The van der Waals surface area contributed by atoms with E-state index in [2.05, 4.69) is 37.3 Å². The lowest BCUT2D eigenvalue weighted by molar-refractivity contribution is -0.146. The number of benzene rings is 1. The lowest BCUT2D eigenvalue weighted by Gasteiger charge is -2.40. The largest absolute Gasteiger partial charge is 0.444 e. The van der Waals surface area contributed by atoms with Crippen molar-refractivity contribution >= 4 is 17.9 Å². The molecular weight excluding hydrogens is 502 g/mol. The Bertz CT molecular complexity index is 992. The molecule has 0 bridgehead atoms. The summed E-state index contributed by atoms with van der Waals surface area (Å²) in [6.07, 6.45) is 10.3. The Morgan fingerprint density at radius 2 is 1.68 bits per heavy atom. The molecule has 7 nitrogen and oxygen atoms in total. The third kappa shape index (κ3) is 11.2. The van der Waals surface area contributed by atoms with Crippen molar-refractivity contribution in [3.05, 3.63) is 35.4 Å². The van der Waals surface area contributed by atoms with Crippen LogP contribution in [0.2, 0.25) is 0 Å². The van der Waals surface area contributed by atoms with Crippen LogP contribution in [-0.2, 0) is 14.3 Å². The third-order valence-electron chi connectivity index (χ3n) is 7.06. The van der Waals surface area contributed by atoms with Crippen molar-refractivity contribution < 1.29 is 19.1 Å². The Kier molecular flexibility index (Phi) is 14.8. The number of ether oxygens (including phenoxy) is 1. The standard InChI is InChI=1S/C33H53N3O4/c1-11-14-17-22-34-30(37)29(27-19-16-15-18-26(27)13-3)36(25(7)21-20-23(4)5)31(38)28(24(6)12-2)35-32(39)40-33(8,9)10/h3,15-16,18-19,23-25,28-29H,11-12,14,17,20-22H2,1-2,4-10H3,(H,34,37)(H,35,39). The molecule has 2 N–H and O–H groups in total. The van der Waals surface area contributed by atoms with E-state index < -0.39 is 23.8 Å². The van der Waals surface area contributed by atoms with Crippen molar-refractivity contribution in [2.24, 2.45) is 11.8 Å². The fraction of sp³-hybridized carbons (Fsp3) is 0.667. The zero-order valence-corrected chi connectivity index (χ0v) is 26.3. The first-order valence-electron chi connectivity index (χ1n) is 14.9. The average Bonchev–Trinajstić information content (AvgIpc) is 2.89. The summed E-state index contributed by atoms with van der Waals surface area (Å²) in [6.45, 7) is 18.1. The third-order valence-corrected chi connectivity index (χ3v) is 7.06. The van der Waals surface area contributed by atoms with Crippen LogP contribution in [0, 0.1) is 24.2 Å². The quantitative estimate of drug-likeness (QED) is 0.188. The van der Waals surface area contributed by atoms with Crippen molar-refractivity contribution in [2.75, 3.05) is 6.54 Å². The molecule has 0 aliphatic carbocycles. The summed E-state index contributed by atoms with van der Waals surface area (Å²) in [5.74, 6) is 2.33. The summed E-state index contributed by atoms with van der Waals surface area (Å²) in [4.78, 5) is 43.0. The van der Waals surface area contributed by atoms with Crippen LogP contribution >= 0.6 is 0 Å². The second kappa shape index (κ2) is 16.9. The fourth-order valence-electron chi connectivity index (χ4n) is 4.56. The first-order valence-corrected chi connectivity index (χ1v) is 14.9. The molecule has 0 saturated heterocycles. The average molecular weight is 556 g/mol. The lowest BCUT2D eigenvalue weighted by Crippen LogP contribution is -2.57. The van der Waals surface area contributed by atoms with Crippen LogP contribution in [0.15, 0.2) is 24.3 Å². The Labute approximate surface area is 243 Å². The van der Waals surface area contributed by atoms with E-state index in [1.54, 1.807) is 31.7 Å². The van der Waals surface area contributed by atoms with Gasteiger partial charge < -0.3 is 20.3 Å². The number of hydrogen-bond donors (Lipinski definition) is 2. The minimum atomic E-state index is -0.949. The van der Waals surface area contributed by atoms with Crippen molar-refractivity contribution in [1.29, 1.82) is 0 Å². The highest BCUT2D eigenvalue weighted by atomic mass is 16.6. The van der Waals surface area contributed by atoms with E-state index in [4.69, 9.17) is 11.2 Å². The molecule has 0 spiro atoms. The molecule has 1 aromatic rings. The van der Waals surface area contributed by atoms with Gasteiger partial charge in [0.05, 0.1) is 0 Å². The van der Waals surface area contributed by atoms with Gasteiger partial charge >= 0.3 is 6.09 Å². The number of alkyl carbamates (subject to hydrolysis) is 1. The summed E-state index contributed by atoms with van der Waals surface area (Å²) in [5.41, 5.74) is 0.442. The van der Waals surface area contributed by atoms with Gasteiger partial charge in [-0.3, -0.25) is 9.59 Å². The smallest absolute Gasteiger partial charge is 0.408 e. The first-order chi connectivity index (χ1) is 18.8. The van der Waals surface area contributed by atoms with Crippen LogP contribution in [0.1, 0.15) is 118 Å². The Morgan fingerprint density at radius 1 is 1.02 bits per heavy atom. The molecule has 3 amide bonds. The van der Waals surface area contributed by atoms with Crippen molar-refractivity contribution in [1.82, 2.24) is 15.5 Å². The van der Waals surface area contributed by atoms with Crippen LogP contribution in [0.4, 0.5) is 4.79 Å². The highest BCUT2D eigenvalue weighted by Gasteiger charge is 2.41. The molecule has 0 heterocycles. The predicted molar refractivity (Wildman–Crippen MR) is 163 cm³/mol. The van der Waals surface area contributed by atoms with Gasteiger partial charge in [-0.05, 0) is 70.4 Å². The second-order valence-corrected chi connectivity index (χ2v) is 12.2. The van der Waals surface area contributed by atoms with Gasteiger partial charge in [0.25, 0.3) is 0 Å². The molecule has 4 unspecified atom stereocenters. The van der Waals surface area contributed by atoms with E-state index in [-0.39, 0.29) is 23.8 Å². The number of nitrogens with one attached hydrogen (secondary N) is 2. The maximum atomic E-state index is 14.6. The van der Waals surface area contributed by atoms with Gasteiger partial charge in [0.2, 0.25) is 11.8 Å². The number of carbonyl (C=O) groups is 3. The predicted octanol–water partition coefficient (Wildman–Crippen LogP) is 6.61. The van der Waals surface area contributed by atoms with Gasteiger partial charge in [0.15, 0.2) is 0 Å². The normalized spacial score (nSPS) is 14.4. The van der Waals surface area contributed by atoms with Crippen LogP contribution < -0.4 is 10.6 Å². The SMILES string of the molecule is C#Cc1ccccc1C(C(=O)NCCCCC)N(C(=O)C(NC(=O)OC(C)(C)C)C(C)CC)C(C)CCC(C)C. The van der Waals surface area contributed by atoms with E-state index in [1.807, 2.05) is 39.0 Å². The molecule has 0 aliphatic rings. The molecule has 0 aliphatic heterocycles. The Balaban J connectivity index is 3.69. The number of rotatable bonds is 15. The number of nitrogens with zero attached hydrogens (tertiary/aromatic N) is 1. The summed E-state index contributed by atoms with van der Waals surface area (Å²) >= 11 is 0. The van der Waals surface area contributed by atoms with Gasteiger partial charge in [-0.1, -0.05) is 78.0 Å². The van der Waals surface area contributed by atoms with Crippen LogP contribution in [0.5, 0.6) is 0 Å². The van der Waals surface area contributed by atoms with Gasteiger partial charge in [0, 0.05) is 18.2 Å². The van der Waals surface area contributed by atoms with Crippen LogP contribution in [0.25, 0.3) is 0 Å². The Hall–Kier alpha value is -3.01. The van der Waals surface area contributed by atoms with E-state index in [1.165, 1.54) is 0 Å². The monoisotopic (exact) mass is 555 g/mol. The minimum absolute atomic E-state index is 0.198. The molecule has 1 rings (SSSR count). The molecule has 0 aromatic heterocycles. The molecule has 1 aromatic carbocycles. The number of hydrogen-bond acceptors (Lipinski definition) is 4. The van der Waals surface area contributed by atoms with Gasteiger partial charge in [-0.2, -0.15) is 0 Å². The highest BCUT2D eigenvalue weighted by Crippen LogP contribution is 2.30. The van der Waals surface area contributed by atoms with Gasteiger partial charge in [-0.15, -0.1) is 6.42 Å². The molecule has 224 valence electrons. The molecule has 0 radical (unpaired) electrons. The van der Waals surface area contributed by atoms with Crippen LogP contribution in [0.3, 0.4) is 0 Å². The summed E-state index contributed by atoms with van der Waals surface area (Å²) in [5, 5.41) is 5.90. The fourth-order valence-corrected chi connectivity index (χ4v) is 4.56. The molecule has 0 saturated carbocycles. The minimum Gasteiger partial charge on any atom is -0.444 e. The summed E-state index contributed by atoms with van der Waals surface area (Å²) in [7, 11) is 0. The van der Waals surface area contributed by atoms with E-state index in [9.17, 15) is 14.4 Å². The zero-order valence-electron chi connectivity index (χ0n) is 26.3. The highest BCUT2D eigenvalue weighted by molar-refractivity contribution is 5.93. The van der Waals surface area contributed by atoms with E-state index in [0.717, 1.165) is 25.7 Å². The number of terminal acetylenes is 1. The molecule has 7 heteroatoms. The lowest BCUT2D eigenvalue weighted by atomic mass is 9.91. The Morgan fingerprint density at radius 3 is 2.23 bits per heavy atom. The van der Waals surface area contributed by atoms with Crippen LogP contribution in [-0.4, -0.2) is 47.0 Å². The van der Waals surface area contributed by atoms with Crippen molar-refractivity contribution in [3.8, 4) is 12.3 Å². The van der Waals surface area contributed by atoms with Crippen molar-refractivity contribution in [3.63, 3.8) is 0 Å². The van der Waals surface area contributed by atoms with E-state index >= 15 is 0 Å². The second-order valence-electron chi connectivity index (χ2n) is 12.2. The molecular formula is C33H53N3O4. The first kappa shape index (κ1) is 35.0. The van der Waals surface area contributed by atoms with Gasteiger partial charge in [-0.25, -0.2) is 4.79 Å². The molecule has 0 fully saturated rings. The van der Waals surface area contributed by atoms with Crippen molar-refractivity contribution in [2.45, 2.75) is 125 Å². The maximum absolute atomic E-state index is 14.6. The topological polar surface area (TPSA) is 87.7 Å². The summed E-state index contributed by atoms with van der Waals surface area (Å²) < 4.78 is 5.51. The summed E-state index contributed by atoms with van der Waals surface area (Å²) in [6, 6.07) is 5.15. The molecule has 4 atom stereocenters. The van der Waals surface area contributed by atoms with E-state index in [0.29, 0.717) is 36.4 Å². The number of amides is 3. The molecule has 40 heavy (non-hydrogen) atoms. The maximum Gasteiger partial charge on any atom is 0.408 e. The zero-order chi connectivity index (χ0) is 30.5. The number of carbonyl (C=O) groups excluding carboxylic acids is 3. The van der Waals surface area contributed by atoms with Gasteiger partial charge in [0.1, 0.15) is 17.7 Å².